The number of fused-ring (bicyclic) bond motifs is 1. The highest BCUT2D eigenvalue weighted by atomic mass is 32.2. The summed E-state index contributed by atoms with van der Waals surface area (Å²) in [5, 5.41) is 13.6. The Kier molecular flexibility index (Phi) is 2.38. The van der Waals surface area contributed by atoms with E-state index < -0.39 is 9.67 Å². The van der Waals surface area contributed by atoms with Crippen molar-refractivity contribution in [2.75, 3.05) is 11.6 Å². The lowest BCUT2D eigenvalue weighted by Gasteiger charge is -2.18. The van der Waals surface area contributed by atoms with Crippen molar-refractivity contribution >= 4 is 29.0 Å². The molecular weight excluding hydrogens is 228 g/mol. The number of hydrogen-bond acceptors (Lipinski definition) is 4. The van der Waals surface area contributed by atoms with E-state index in [2.05, 4.69) is 5.32 Å². The summed E-state index contributed by atoms with van der Waals surface area (Å²) in [6, 6.07) is 4.68. The van der Waals surface area contributed by atoms with Crippen LogP contribution in [0.4, 0.5) is 11.4 Å². The molecule has 0 aliphatic carbocycles. The number of carbonyl (C=O) groups excluding carboxylic acids is 1. The van der Waals surface area contributed by atoms with E-state index in [9.17, 15) is 14.9 Å². The molecule has 2 rings (SSSR count). The highest BCUT2D eigenvalue weighted by Crippen LogP contribution is 2.48. The van der Waals surface area contributed by atoms with Gasteiger partial charge in [0.2, 0.25) is 5.91 Å². The molecule has 1 aliphatic heterocycles. The Morgan fingerprint density at radius 3 is 2.75 bits per heavy atom. The molecule has 0 spiro atoms. The first-order valence-electron chi connectivity index (χ1n) is 4.65. The van der Waals surface area contributed by atoms with E-state index >= 15 is 0 Å². The third-order valence-electron chi connectivity index (χ3n) is 2.81. The highest BCUT2D eigenvalue weighted by molar-refractivity contribution is 8.00. The summed E-state index contributed by atoms with van der Waals surface area (Å²) in [5.74, 6) is -0.204. The number of nitro groups is 1. The molecule has 1 N–H and O–H groups in total. The molecule has 0 saturated heterocycles. The van der Waals surface area contributed by atoms with E-state index in [1.165, 1.54) is 17.8 Å². The number of thioether (sulfide) groups is 1. The maximum atomic E-state index is 11.8. The Hall–Kier alpha value is -1.56. The molecule has 5 nitrogen and oxygen atoms in total. The first kappa shape index (κ1) is 10.9. The minimum absolute atomic E-state index is 0.00676. The second kappa shape index (κ2) is 3.48. The Bertz CT molecular complexity index is 489. The van der Waals surface area contributed by atoms with Crippen LogP contribution in [0.3, 0.4) is 0 Å². The van der Waals surface area contributed by atoms with Gasteiger partial charge in [0, 0.05) is 6.07 Å². The fourth-order valence-electron chi connectivity index (χ4n) is 1.85. The summed E-state index contributed by atoms with van der Waals surface area (Å²) in [4.78, 5) is 22.3. The molecule has 1 heterocycles. The Morgan fingerprint density at radius 1 is 1.50 bits per heavy atom. The third-order valence-corrected chi connectivity index (χ3v) is 4.01. The van der Waals surface area contributed by atoms with Gasteiger partial charge in [-0.25, -0.2) is 0 Å². The van der Waals surface area contributed by atoms with E-state index in [1.54, 1.807) is 25.3 Å². The zero-order valence-corrected chi connectivity index (χ0v) is 9.63. The zero-order chi connectivity index (χ0) is 11.9. The van der Waals surface area contributed by atoms with Crippen LogP contribution in [0.5, 0.6) is 0 Å². The minimum Gasteiger partial charge on any atom is -0.324 e. The number of rotatable bonds is 2. The highest BCUT2D eigenvalue weighted by Gasteiger charge is 2.46. The molecule has 0 saturated carbocycles. The second-order valence-corrected chi connectivity index (χ2v) is 4.87. The maximum Gasteiger partial charge on any atom is 0.276 e. The Labute approximate surface area is 96.4 Å². The number of anilines is 1. The smallest absolute Gasteiger partial charge is 0.276 e. The molecule has 1 atom stereocenters. The van der Waals surface area contributed by atoms with Crippen LogP contribution in [-0.4, -0.2) is 17.1 Å². The minimum atomic E-state index is -0.876. The van der Waals surface area contributed by atoms with Gasteiger partial charge in [-0.05, 0) is 19.2 Å². The largest absolute Gasteiger partial charge is 0.324 e. The summed E-state index contributed by atoms with van der Waals surface area (Å²) in [6.07, 6.45) is 1.77. The molecule has 1 aromatic carbocycles. The second-order valence-electron chi connectivity index (χ2n) is 3.65. The average Bonchev–Trinajstić information content (AvgIpc) is 2.52. The molecular formula is C10H10N2O3S. The van der Waals surface area contributed by atoms with E-state index in [4.69, 9.17) is 0 Å². The number of carbonyl (C=O) groups is 1. The van der Waals surface area contributed by atoms with Gasteiger partial charge < -0.3 is 5.32 Å². The van der Waals surface area contributed by atoms with Gasteiger partial charge in [-0.15, -0.1) is 11.8 Å². The SMILES string of the molecule is CSC1(C)C(=O)Nc2cccc([N+](=O)[O-])c21. The number of amides is 1. The van der Waals surface area contributed by atoms with Gasteiger partial charge in [0.1, 0.15) is 4.75 Å². The summed E-state index contributed by atoms with van der Waals surface area (Å²) in [5.41, 5.74) is 1.00. The quantitative estimate of drug-likeness (QED) is 0.632. The molecule has 6 heteroatoms. The molecule has 1 unspecified atom stereocenters. The molecule has 1 aliphatic rings. The monoisotopic (exact) mass is 238 g/mol. The molecule has 0 bridgehead atoms. The first-order valence-corrected chi connectivity index (χ1v) is 5.87. The van der Waals surface area contributed by atoms with Crippen molar-refractivity contribution in [2.24, 2.45) is 0 Å². The standard InChI is InChI=1S/C10H10N2O3S/c1-10(16-2)8-6(11-9(10)13)4-3-5-7(8)12(14)15/h3-5H,1-2H3,(H,11,13). The van der Waals surface area contributed by atoms with Crippen LogP contribution in [0.25, 0.3) is 0 Å². The third kappa shape index (κ3) is 1.30. The topological polar surface area (TPSA) is 72.2 Å². The van der Waals surface area contributed by atoms with Crippen LogP contribution >= 0.6 is 11.8 Å². The van der Waals surface area contributed by atoms with Crippen molar-refractivity contribution in [2.45, 2.75) is 11.7 Å². The molecule has 1 aromatic rings. The number of nitrogens with one attached hydrogen (secondary N) is 1. The van der Waals surface area contributed by atoms with Crippen LogP contribution in [0.1, 0.15) is 12.5 Å². The number of nitrogens with zero attached hydrogens (tertiary/aromatic N) is 1. The van der Waals surface area contributed by atoms with E-state index in [0.29, 0.717) is 11.3 Å². The summed E-state index contributed by atoms with van der Waals surface area (Å²) < 4.78 is -0.876. The molecule has 0 fully saturated rings. The van der Waals surface area contributed by atoms with Crippen molar-refractivity contribution < 1.29 is 9.72 Å². The van der Waals surface area contributed by atoms with Crippen molar-refractivity contribution in [3.63, 3.8) is 0 Å². The van der Waals surface area contributed by atoms with Gasteiger partial charge >= 0.3 is 0 Å². The Balaban J connectivity index is 2.71. The average molecular weight is 238 g/mol. The van der Waals surface area contributed by atoms with Gasteiger partial charge in [-0.1, -0.05) is 6.07 Å². The fraction of sp³-hybridized carbons (Fsp3) is 0.300. The van der Waals surface area contributed by atoms with Crippen molar-refractivity contribution in [1.29, 1.82) is 0 Å². The van der Waals surface area contributed by atoms with Gasteiger partial charge in [-0.3, -0.25) is 14.9 Å². The van der Waals surface area contributed by atoms with Crippen LogP contribution in [0, 0.1) is 10.1 Å². The molecule has 0 radical (unpaired) electrons. The molecule has 1 amide bonds. The lowest BCUT2D eigenvalue weighted by Crippen LogP contribution is -2.27. The predicted molar refractivity (Wildman–Crippen MR) is 62.6 cm³/mol. The fourth-order valence-corrected chi connectivity index (χ4v) is 2.50. The van der Waals surface area contributed by atoms with Gasteiger partial charge in [-0.2, -0.15) is 0 Å². The lowest BCUT2D eigenvalue weighted by atomic mass is 10.00. The van der Waals surface area contributed by atoms with Crippen molar-refractivity contribution in [3.8, 4) is 0 Å². The van der Waals surface area contributed by atoms with Crippen LogP contribution in [0.15, 0.2) is 18.2 Å². The van der Waals surface area contributed by atoms with E-state index in [0.717, 1.165) is 0 Å². The normalized spacial score (nSPS) is 22.8. The summed E-state index contributed by atoms with van der Waals surface area (Å²) in [6.45, 7) is 1.70. The zero-order valence-electron chi connectivity index (χ0n) is 8.81. The summed E-state index contributed by atoms with van der Waals surface area (Å²) >= 11 is 1.30. The van der Waals surface area contributed by atoms with Gasteiger partial charge in [0.05, 0.1) is 16.2 Å². The Morgan fingerprint density at radius 2 is 2.19 bits per heavy atom. The predicted octanol–water partition coefficient (Wildman–Crippen LogP) is 2.13. The van der Waals surface area contributed by atoms with Gasteiger partial charge in [0.25, 0.3) is 5.69 Å². The van der Waals surface area contributed by atoms with E-state index in [-0.39, 0.29) is 11.6 Å². The number of benzene rings is 1. The molecule has 84 valence electrons. The first-order chi connectivity index (χ1) is 7.50. The maximum absolute atomic E-state index is 11.8. The number of hydrogen-bond donors (Lipinski definition) is 1. The van der Waals surface area contributed by atoms with Crippen LogP contribution < -0.4 is 5.32 Å². The lowest BCUT2D eigenvalue weighted by molar-refractivity contribution is -0.385. The summed E-state index contributed by atoms with van der Waals surface area (Å²) in [7, 11) is 0. The number of nitro benzene ring substituents is 1. The van der Waals surface area contributed by atoms with Gasteiger partial charge in [0.15, 0.2) is 0 Å². The molecule has 0 aromatic heterocycles. The molecule has 16 heavy (non-hydrogen) atoms. The van der Waals surface area contributed by atoms with E-state index in [1.807, 2.05) is 0 Å². The van der Waals surface area contributed by atoms with Crippen LogP contribution in [-0.2, 0) is 9.54 Å². The van der Waals surface area contributed by atoms with Crippen molar-refractivity contribution in [1.82, 2.24) is 0 Å². The van der Waals surface area contributed by atoms with Crippen LogP contribution in [0.2, 0.25) is 0 Å². The van der Waals surface area contributed by atoms with Crippen molar-refractivity contribution in [3.05, 3.63) is 33.9 Å².